The number of nitrogens with two attached hydrogens (primary N) is 1. The first-order chi connectivity index (χ1) is 9.83. The van der Waals surface area contributed by atoms with E-state index in [4.69, 9.17) is 15.7 Å². The van der Waals surface area contributed by atoms with Crippen LogP contribution in [-0.4, -0.2) is 13.2 Å². The molecule has 1 heterocycles. The van der Waals surface area contributed by atoms with Gasteiger partial charge in [-0.25, -0.2) is 0 Å². The van der Waals surface area contributed by atoms with Crippen molar-refractivity contribution in [1.82, 2.24) is 0 Å². The number of ether oxygens (including phenoxy) is 1. The van der Waals surface area contributed by atoms with Gasteiger partial charge in [0.15, 0.2) is 0 Å². The van der Waals surface area contributed by atoms with Crippen LogP contribution < -0.4 is 5.73 Å². The van der Waals surface area contributed by atoms with E-state index in [1.54, 1.807) is 0 Å². The molecule has 0 saturated carbocycles. The van der Waals surface area contributed by atoms with Crippen molar-refractivity contribution in [3.8, 4) is 17.2 Å². The minimum Gasteiger partial charge on any atom is -0.376 e. The maximum absolute atomic E-state index is 8.87. The Morgan fingerprint density at radius 3 is 2.70 bits per heavy atom. The van der Waals surface area contributed by atoms with Crippen LogP contribution in [0.15, 0.2) is 42.5 Å². The lowest BCUT2D eigenvalue weighted by molar-refractivity contribution is 0.0932. The summed E-state index contributed by atoms with van der Waals surface area (Å²) in [6, 6.07) is 16.1. The van der Waals surface area contributed by atoms with E-state index >= 15 is 0 Å². The van der Waals surface area contributed by atoms with Gasteiger partial charge in [-0.1, -0.05) is 30.3 Å². The van der Waals surface area contributed by atoms with Crippen molar-refractivity contribution >= 4 is 0 Å². The van der Waals surface area contributed by atoms with Crippen molar-refractivity contribution in [2.45, 2.75) is 12.5 Å². The third-order valence-corrected chi connectivity index (χ3v) is 3.83. The third kappa shape index (κ3) is 2.20. The molecule has 1 aliphatic heterocycles. The Bertz CT molecular complexity index is 656. The lowest BCUT2D eigenvalue weighted by atomic mass is 9.87. The van der Waals surface area contributed by atoms with Crippen LogP contribution in [0.4, 0.5) is 0 Å². The van der Waals surface area contributed by atoms with E-state index in [-0.39, 0.29) is 5.92 Å². The molecule has 0 fully saturated rings. The molecule has 3 heteroatoms. The van der Waals surface area contributed by atoms with Crippen molar-refractivity contribution in [2.75, 3.05) is 13.2 Å². The summed E-state index contributed by atoms with van der Waals surface area (Å²) in [7, 11) is 0. The average Bonchev–Trinajstić information content (AvgIpc) is 2.54. The number of benzene rings is 2. The quantitative estimate of drug-likeness (QED) is 0.907. The molecule has 0 radical (unpaired) electrons. The highest BCUT2D eigenvalue weighted by atomic mass is 16.5. The molecule has 0 unspecified atom stereocenters. The molecule has 20 heavy (non-hydrogen) atoms. The first kappa shape index (κ1) is 12.9. The summed E-state index contributed by atoms with van der Waals surface area (Å²) in [5, 5.41) is 8.87. The summed E-state index contributed by atoms with van der Waals surface area (Å²) in [5.41, 5.74) is 11.3. The second-order valence-corrected chi connectivity index (χ2v) is 5.01. The lowest BCUT2D eigenvalue weighted by Gasteiger charge is -2.26. The predicted octanol–water partition coefficient (Wildman–Crippen LogP) is 2.80. The van der Waals surface area contributed by atoms with Gasteiger partial charge < -0.3 is 10.5 Å². The zero-order chi connectivity index (χ0) is 13.9. The Hall–Kier alpha value is -2.15. The molecule has 2 N–H and O–H groups in total. The standard InChI is InChI=1S/C17H16N2O/c18-8-12-4-6-13(7-5-12)15-2-1-3-16-14(9-19)10-20-11-17(15)16/h1-7,14H,9-11,19H2/t14-/m1/s1. The van der Waals surface area contributed by atoms with Crippen molar-refractivity contribution in [3.05, 3.63) is 59.2 Å². The highest BCUT2D eigenvalue weighted by Crippen LogP contribution is 2.33. The SMILES string of the molecule is N#Cc1ccc(-c2cccc3c2COC[C@H]3CN)cc1. The highest BCUT2D eigenvalue weighted by Gasteiger charge is 2.21. The van der Waals surface area contributed by atoms with Gasteiger partial charge in [-0.05, 0) is 34.4 Å². The minimum atomic E-state index is 0.275. The molecule has 3 rings (SSSR count). The Labute approximate surface area is 118 Å². The molecule has 3 nitrogen and oxygen atoms in total. The van der Waals surface area contributed by atoms with Crippen LogP contribution in [0.25, 0.3) is 11.1 Å². The number of hydrogen-bond acceptors (Lipinski definition) is 3. The number of nitriles is 1. The normalized spacial score (nSPS) is 17.3. The van der Waals surface area contributed by atoms with Crippen LogP contribution in [0.3, 0.4) is 0 Å². The van der Waals surface area contributed by atoms with Crippen molar-refractivity contribution in [3.63, 3.8) is 0 Å². The molecule has 0 amide bonds. The Balaban J connectivity index is 2.08. The maximum atomic E-state index is 8.87. The van der Waals surface area contributed by atoms with E-state index in [0.717, 1.165) is 5.56 Å². The van der Waals surface area contributed by atoms with Gasteiger partial charge in [0, 0.05) is 12.5 Å². The smallest absolute Gasteiger partial charge is 0.0991 e. The topological polar surface area (TPSA) is 59.0 Å². The molecule has 2 aromatic rings. The van der Waals surface area contributed by atoms with Gasteiger partial charge in [0.25, 0.3) is 0 Å². The van der Waals surface area contributed by atoms with Gasteiger partial charge in [-0.3, -0.25) is 0 Å². The monoisotopic (exact) mass is 264 g/mol. The largest absolute Gasteiger partial charge is 0.376 e. The third-order valence-electron chi connectivity index (χ3n) is 3.83. The number of hydrogen-bond donors (Lipinski definition) is 1. The zero-order valence-corrected chi connectivity index (χ0v) is 11.2. The van der Waals surface area contributed by atoms with Gasteiger partial charge in [0.2, 0.25) is 0 Å². The minimum absolute atomic E-state index is 0.275. The Kier molecular flexibility index (Phi) is 3.51. The van der Waals surface area contributed by atoms with E-state index in [9.17, 15) is 0 Å². The average molecular weight is 264 g/mol. The molecule has 1 atom stereocenters. The first-order valence-corrected chi connectivity index (χ1v) is 6.73. The van der Waals surface area contributed by atoms with Crippen molar-refractivity contribution in [2.24, 2.45) is 5.73 Å². The Morgan fingerprint density at radius 1 is 1.20 bits per heavy atom. The Morgan fingerprint density at radius 2 is 2.00 bits per heavy atom. The van der Waals surface area contributed by atoms with Crippen LogP contribution in [0.2, 0.25) is 0 Å². The summed E-state index contributed by atoms with van der Waals surface area (Å²) < 4.78 is 5.67. The van der Waals surface area contributed by atoms with Crippen LogP contribution in [-0.2, 0) is 11.3 Å². The van der Waals surface area contributed by atoms with Crippen LogP contribution in [0, 0.1) is 11.3 Å². The molecule has 100 valence electrons. The summed E-state index contributed by atoms with van der Waals surface area (Å²) in [6.45, 7) is 1.92. The fourth-order valence-electron chi connectivity index (χ4n) is 2.73. The second-order valence-electron chi connectivity index (χ2n) is 5.01. The molecule has 0 saturated heterocycles. The molecule has 2 aromatic carbocycles. The van der Waals surface area contributed by atoms with E-state index in [1.165, 1.54) is 16.7 Å². The number of nitrogens with zero attached hydrogens (tertiary/aromatic N) is 1. The van der Waals surface area contributed by atoms with Gasteiger partial charge in [-0.15, -0.1) is 0 Å². The van der Waals surface area contributed by atoms with E-state index in [0.29, 0.717) is 25.3 Å². The maximum Gasteiger partial charge on any atom is 0.0991 e. The molecule has 0 spiro atoms. The van der Waals surface area contributed by atoms with Gasteiger partial charge >= 0.3 is 0 Å². The van der Waals surface area contributed by atoms with Crippen molar-refractivity contribution < 1.29 is 4.74 Å². The zero-order valence-electron chi connectivity index (χ0n) is 11.2. The van der Waals surface area contributed by atoms with Gasteiger partial charge in [0.1, 0.15) is 0 Å². The fraction of sp³-hybridized carbons (Fsp3) is 0.235. The summed E-state index contributed by atoms with van der Waals surface area (Å²) >= 11 is 0. The molecule has 0 aliphatic carbocycles. The number of fused-ring (bicyclic) bond motifs is 1. The summed E-state index contributed by atoms with van der Waals surface area (Å²) in [4.78, 5) is 0. The molecule has 0 aromatic heterocycles. The summed E-state index contributed by atoms with van der Waals surface area (Å²) in [6.07, 6.45) is 0. The molecule has 0 bridgehead atoms. The highest BCUT2D eigenvalue weighted by molar-refractivity contribution is 5.70. The summed E-state index contributed by atoms with van der Waals surface area (Å²) in [5.74, 6) is 0.275. The van der Waals surface area contributed by atoms with Crippen LogP contribution >= 0.6 is 0 Å². The fourth-order valence-corrected chi connectivity index (χ4v) is 2.73. The van der Waals surface area contributed by atoms with E-state index in [1.807, 2.05) is 24.3 Å². The molecular weight excluding hydrogens is 248 g/mol. The first-order valence-electron chi connectivity index (χ1n) is 6.73. The van der Waals surface area contributed by atoms with Crippen LogP contribution in [0.1, 0.15) is 22.6 Å². The molecular formula is C17H16N2O. The second kappa shape index (κ2) is 5.46. The van der Waals surface area contributed by atoms with E-state index < -0.39 is 0 Å². The van der Waals surface area contributed by atoms with Gasteiger partial charge in [0.05, 0.1) is 24.8 Å². The van der Waals surface area contributed by atoms with E-state index in [2.05, 4.69) is 24.3 Å². The van der Waals surface area contributed by atoms with Crippen molar-refractivity contribution in [1.29, 1.82) is 5.26 Å². The van der Waals surface area contributed by atoms with Crippen LogP contribution in [0.5, 0.6) is 0 Å². The molecule has 1 aliphatic rings. The van der Waals surface area contributed by atoms with Gasteiger partial charge in [-0.2, -0.15) is 5.26 Å². The number of rotatable bonds is 2. The lowest BCUT2D eigenvalue weighted by Crippen LogP contribution is -2.24. The predicted molar refractivity (Wildman–Crippen MR) is 78.0 cm³/mol.